The number of methoxy groups -OCH3 is 1. The van der Waals surface area contributed by atoms with Crippen LogP contribution in [0.3, 0.4) is 0 Å². The average molecular weight is 609 g/mol. The first-order valence-corrected chi connectivity index (χ1v) is 15.5. The SMILES string of the molecule is C/C=C/c1ccccc1.CCCCc1ccc(C#Cc2ccc(CN(c3cccc(OCC(=O)OC)c3)S(=O)[O-])cc2)cc1. The molecule has 228 valence electrons. The Morgan fingerprint density at radius 3 is 2.09 bits per heavy atom. The number of carbonyl (C=O) groups excluding carboxylic acids is 1. The Morgan fingerprint density at radius 1 is 0.886 bits per heavy atom. The highest BCUT2D eigenvalue weighted by Gasteiger charge is 2.11. The first kappa shape index (κ1) is 33.9. The van der Waals surface area contributed by atoms with Crippen molar-refractivity contribution in [2.24, 2.45) is 0 Å². The maximum atomic E-state index is 11.9. The van der Waals surface area contributed by atoms with E-state index in [1.165, 1.54) is 35.4 Å². The number of hydrogen-bond acceptors (Lipinski definition) is 5. The number of benzene rings is 4. The fourth-order valence-corrected chi connectivity index (χ4v) is 4.60. The third kappa shape index (κ3) is 11.9. The molecular formula is C37H38NO5S-. The van der Waals surface area contributed by atoms with Crippen molar-refractivity contribution in [1.29, 1.82) is 0 Å². The highest BCUT2D eigenvalue weighted by atomic mass is 32.2. The van der Waals surface area contributed by atoms with E-state index in [-0.39, 0.29) is 13.2 Å². The molecule has 0 aliphatic carbocycles. The first-order valence-electron chi connectivity index (χ1n) is 14.5. The minimum atomic E-state index is -2.51. The van der Waals surface area contributed by atoms with Crippen molar-refractivity contribution < 1.29 is 23.0 Å². The summed E-state index contributed by atoms with van der Waals surface area (Å²) >= 11 is -2.51. The van der Waals surface area contributed by atoms with Gasteiger partial charge in [0, 0.05) is 28.5 Å². The van der Waals surface area contributed by atoms with Gasteiger partial charge in [0.15, 0.2) is 6.61 Å². The third-order valence-electron chi connectivity index (χ3n) is 6.43. The molecule has 0 aromatic heterocycles. The van der Waals surface area contributed by atoms with Crippen LogP contribution in [0, 0.1) is 11.8 Å². The van der Waals surface area contributed by atoms with Crippen LogP contribution in [0.25, 0.3) is 6.08 Å². The molecule has 0 bridgehead atoms. The highest BCUT2D eigenvalue weighted by molar-refractivity contribution is 7.80. The van der Waals surface area contributed by atoms with Crippen LogP contribution in [0.15, 0.2) is 109 Å². The molecule has 4 rings (SSSR count). The van der Waals surface area contributed by atoms with Gasteiger partial charge in [-0.2, -0.15) is 0 Å². The molecule has 1 atom stereocenters. The smallest absolute Gasteiger partial charge is 0.343 e. The Balaban J connectivity index is 0.000000502. The Labute approximate surface area is 263 Å². The normalized spacial score (nSPS) is 11.0. The number of nitrogens with zero attached hydrogens (tertiary/aromatic N) is 1. The maximum Gasteiger partial charge on any atom is 0.343 e. The van der Waals surface area contributed by atoms with Gasteiger partial charge in [0.1, 0.15) is 5.75 Å². The molecule has 0 aliphatic heterocycles. The first-order chi connectivity index (χ1) is 21.4. The monoisotopic (exact) mass is 608 g/mol. The van der Waals surface area contributed by atoms with Crippen molar-refractivity contribution in [2.75, 3.05) is 18.0 Å². The quantitative estimate of drug-likeness (QED) is 0.100. The zero-order chi connectivity index (χ0) is 31.6. The van der Waals surface area contributed by atoms with Gasteiger partial charge in [-0.25, -0.2) is 4.79 Å². The summed E-state index contributed by atoms with van der Waals surface area (Å²) in [7, 11) is 1.27. The molecule has 0 saturated carbocycles. The van der Waals surface area contributed by atoms with E-state index in [0.29, 0.717) is 11.4 Å². The molecule has 0 spiro atoms. The third-order valence-corrected chi connectivity index (χ3v) is 7.13. The van der Waals surface area contributed by atoms with E-state index < -0.39 is 17.2 Å². The summed E-state index contributed by atoms with van der Waals surface area (Å²) in [5.74, 6) is 6.17. The van der Waals surface area contributed by atoms with Gasteiger partial charge in [0.25, 0.3) is 0 Å². The van der Waals surface area contributed by atoms with Gasteiger partial charge in [0.2, 0.25) is 0 Å². The summed E-state index contributed by atoms with van der Waals surface area (Å²) in [6.45, 7) is 4.09. The Hall–Kier alpha value is -4.64. The zero-order valence-corrected chi connectivity index (χ0v) is 26.2. The van der Waals surface area contributed by atoms with E-state index in [2.05, 4.69) is 53.8 Å². The molecule has 0 aliphatic rings. The highest BCUT2D eigenvalue weighted by Crippen LogP contribution is 2.24. The average Bonchev–Trinajstić information content (AvgIpc) is 3.06. The van der Waals surface area contributed by atoms with Crippen LogP contribution in [0.5, 0.6) is 5.75 Å². The summed E-state index contributed by atoms with van der Waals surface area (Å²) in [6.07, 6.45) is 7.57. The lowest BCUT2D eigenvalue weighted by Gasteiger charge is -2.27. The van der Waals surface area contributed by atoms with Gasteiger partial charge in [-0.1, -0.05) is 98.0 Å². The molecule has 6 nitrogen and oxygen atoms in total. The van der Waals surface area contributed by atoms with Crippen LogP contribution in [-0.2, 0) is 33.8 Å². The molecule has 0 fully saturated rings. The second kappa shape index (κ2) is 18.8. The van der Waals surface area contributed by atoms with Crippen LogP contribution >= 0.6 is 0 Å². The van der Waals surface area contributed by atoms with Crippen molar-refractivity contribution in [3.8, 4) is 17.6 Å². The standard InChI is InChI=1S/C28H29NO5S.C9H10/c1-3-4-6-22-9-11-23(12-10-22)13-14-24-15-17-25(18-16-24)20-29(35(31)32)26-7-5-8-27(19-26)34-21-28(30)33-2;1-2-6-9-7-4-3-5-8-9/h5,7-12,15-19H,3-4,6,20-21H2,1-2H3,(H,31,32);2-8H,1H3/p-1/b;6-2+. The van der Waals surface area contributed by atoms with Gasteiger partial charge >= 0.3 is 5.97 Å². The van der Waals surface area contributed by atoms with E-state index in [0.717, 1.165) is 23.1 Å². The van der Waals surface area contributed by atoms with Crippen LogP contribution in [-0.4, -0.2) is 28.4 Å². The van der Waals surface area contributed by atoms with Crippen LogP contribution < -0.4 is 9.04 Å². The molecule has 1 unspecified atom stereocenters. The number of anilines is 1. The number of hydrogen-bond donors (Lipinski definition) is 0. The number of ether oxygens (including phenoxy) is 2. The number of unbranched alkanes of at least 4 members (excludes halogenated alkanes) is 1. The number of carbonyl (C=O) groups is 1. The summed E-state index contributed by atoms with van der Waals surface area (Å²) in [6, 6.07) is 32.6. The summed E-state index contributed by atoms with van der Waals surface area (Å²) in [5, 5.41) is 0. The van der Waals surface area contributed by atoms with E-state index in [9.17, 15) is 13.6 Å². The molecule has 0 saturated heterocycles. The molecule has 44 heavy (non-hydrogen) atoms. The van der Waals surface area contributed by atoms with Crippen molar-refractivity contribution in [1.82, 2.24) is 0 Å². The number of esters is 1. The van der Waals surface area contributed by atoms with E-state index in [4.69, 9.17) is 4.74 Å². The molecule has 4 aromatic rings. The predicted molar refractivity (Wildman–Crippen MR) is 178 cm³/mol. The van der Waals surface area contributed by atoms with Gasteiger partial charge in [-0.3, -0.25) is 8.51 Å². The largest absolute Gasteiger partial charge is 0.755 e. The minimum absolute atomic E-state index is 0.142. The molecule has 0 N–H and O–H groups in total. The number of rotatable bonds is 11. The summed E-state index contributed by atoms with van der Waals surface area (Å²) < 4.78 is 35.0. The molecule has 7 heteroatoms. The molecule has 0 heterocycles. The van der Waals surface area contributed by atoms with Crippen molar-refractivity contribution in [3.63, 3.8) is 0 Å². The summed E-state index contributed by atoms with van der Waals surface area (Å²) in [4.78, 5) is 11.3. The molecule has 0 amide bonds. The predicted octanol–water partition coefficient (Wildman–Crippen LogP) is 7.50. The second-order valence-electron chi connectivity index (χ2n) is 9.77. The second-order valence-corrected chi connectivity index (χ2v) is 10.6. The zero-order valence-electron chi connectivity index (χ0n) is 25.4. The maximum absolute atomic E-state index is 11.9. The fraction of sp³-hybridized carbons (Fsp3) is 0.216. The van der Waals surface area contributed by atoms with Gasteiger partial charge in [0.05, 0.1) is 19.3 Å². The minimum Gasteiger partial charge on any atom is -0.755 e. The van der Waals surface area contributed by atoms with E-state index in [1.807, 2.05) is 67.6 Å². The topological polar surface area (TPSA) is 78.9 Å². The van der Waals surface area contributed by atoms with Gasteiger partial charge < -0.3 is 14.0 Å². The fourth-order valence-electron chi connectivity index (χ4n) is 4.06. The lowest BCUT2D eigenvalue weighted by atomic mass is 10.1. The molecule has 4 aromatic carbocycles. The number of aryl methyl sites for hydroxylation is 1. The van der Waals surface area contributed by atoms with E-state index in [1.54, 1.807) is 24.3 Å². The number of allylic oxidation sites excluding steroid dienone is 1. The van der Waals surface area contributed by atoms with E-state index >= 15 is 0 Å². The Bertz CT molecular complexity index is 1560. The summed E-state index contributed by atoms with van der Waals surface area (Å²) in [5.41, 5.74) is 5.61. The van der Waals surface area contributed by atoms with Crippen molar-refractivity contribution in [2.45, 2.75) is 39.7 Å². The Kier molecular flexibility index (Phi) is 14.5. The Morgan fingerprint density at radius 2 is 1.52 bits per heavy atom. The molecule has 0 radical (unpaired) electrons. The van der Waals surface area contributed by atoms with Crippen molar-refractivity contribution in [3.05, 3.63) is 137 Å². The van der Waals surface area contributed by atoms with Crippen molar-refractivity contribution >= 4 is 29.0 Å². The van der Waals surface area contributed by atoms with Gasteiger partial charge in [-0.05, 0) is 72.9 Å². The lowest BCUT2D eigenvalue weighted by Crippen LogP contribution is -2.24. The van der Waals surface area contributed by atoms with Gasteiger partial charge in [-0.15, -0.1) is 0 Å². The van der Waals surface area contributed by atoms with Crippen LogP contribution in [0.1, 0.15) is 54.5 Å². The lowest BCUT2D eigenvalue weighted by molar-refractivity contribution is -0.142. The molecular weight excluding hydrogens is 570 g/mol. The van der Waals surface area contributed by atoms with Crippen LogP contribution in [0.4, 0.5) is 5.69 Å². The van der Waals surface area contributed by atoms with Crippen LogP contribution in [0.2, 0.25) is 0 Å².